The van der Waals surface area contributed by atoms with E-state index in [1.807, 2.05) is 20.8 Å². The molecule has 1 aromatic heterocycles. The van der Waals surface area contributed by atoms with E-state index in [4.69, 9.17) is 9.47 Å². The minimum atomic E-state index is -0.512. The van der Waals surface area contributed by atoms with Crippen LogP contribution >= 0.6 is 11.3 Å². The number of ether oxygens (including phenoxy) is 2. The van der Waals surface area contributed by atoms with Crippen LogP contribution in [0.5, 0.6) is 0 Å². The lowest BCUT2D eigenvalue weighted by Gasteiger charge is -2.22. The second-order valence-corrected chi connectivity index (χ2v) is 9.72. The quantitative estimate of drug-likeness (QED) is 0.465. The molecule has 2 rings (SSSR count). The third-order valence-electron chi connectivity index (χ3n) is 4.87. The van der Waals surface area contributed by atoms with Crippen LogP contribution in [0.25, 0.3) is 5.57 Å². The van der Waals surface area contributed by atoms with Crippen LogP contribution in [-0.4, -0.2) is 37.4 Å². The summed E-state index contributed by atoms with van der Waals surface area (Å²) in [5.74, 6) is -0.313. The molecular weight excluding hydrogens is 400 g/mol. The molecule has 1 amide bonds. The standard InChI is InChI=1S/C23H36N2O4S/c1-6-10-17(13-14-24-22(27)29-23(2,3)4)25-18-15-19(16-11-8-7-9-12-16)30-20(18)21(26)28-5/h11,15,17,25H,6-10,12-14H2,1-5H3,(H,24,27). The van der Waals surface area contributed by atoms with E-state index in [1.54, 1.807) is 0 Å². The van der Waals surface area contributed by atoms with Crippen molar-refractivity contribution in [1.82, 2.24) is 5.32 Å². The van der Waals surface area contributed by atoms with E-state index in [9.17, 15) is 9.59 Å². The Morgan fingerprint density at radius 1 is 1.23 bits per heavy atom. The van der Waals surface area contributed by atoms with Crippen molar-refractivity contribution in [1.29, 1.82) is 0 Å². The van der Waals surface area contributed by atoms with Gasteiger partial charge in [0.25, 0.3) is 0 Å². The fourth-order valence-electron chi connectivity index (χ4n) is 3.48. The Hall–Kier alpha value is -2.02. The number of thiophene rings is 1. The molecule has 30 heavy (non-hydrogen) atoms. The van der Waals surface area contributed by atoms with Crippen molar-refractivity contribution in [3.8, 4) is 0 Å². The maximum absolute atomic E-state index is 12.4. The Morgan fingerprint density at radius 3 is 2.60 bits per heavy atom. The first-order chi connectivity index (χ1) is 14.2. The Kier molecular flexibility index (Phi) is 9.21. The highest BCUT2D eigenvalue weighted by molar-refractivity contribution is 7.15. The van der Waals surface area contributed by atoms with Crippen LogP contribution in [0.4, 0.5) is 10.5 Å². The topological polar surface area (TPSA) is 76.7 Å². The lowest BCUT2D eigenvalue weighted by Crippen LogP contribution is -2.35. The fraction of sp³-hybridized carbons (Fsp3) is 0.652. The van der Waals surface area contributed by atoms with Gasteiger partial charge in [0.1, 0.15) is 10.5 Å². The number of allylic oxidation sites excluding steroid dienone is 2. The molecule has 0 bridgehead atoms. The largest absolute Gasteiger partial charge is 0.465 e. The molecule has 0 aromatic carbocycles. The number of anilines is 1. The molecule has 0 saturated heterocycles. The summed E-state index contributed by atoms with van der Waals surface area (Å²) in [5, 5.41) is 6.36. The molecule has 6 nitrogen and oxygen atoms in total. The summed E-state index contributed by atoms with van der Waals surface area (Å²) in [6.07, 6.45) is 9.12. The monoisotopic (exact) mass is 436 g/mol. The van der Waals surface area contributed by atoms with E-state index in [-0.39, 0.29) is 12.0 Å². The highest BCUT2D eigenvalue weighted by Crippen LogP contribution is 2.37. The van der Waals surface area contributed by atoms with Crippen LogP contribution in [0.3, 0.4) is 0 Å². The maximum Gasteiger partial charge on any atom is 0.407 e. The summed E-state index contributed by atoms with van der Waals surface area (Å²) >= 11 is 1.50. The Labute approximate surface area is 184 Å². The summed E-state index contributed by atoms with van der Waals surface area (Å²) in [6, 6.07) is 2.22. The fourth-order valence-corrected chi connectivity index (χ4v) is 4.59. The average molecular weight is 437 g/mol. The molecule has 0 radical (unpaired) electrons. The smallest absolute Gasteiger partial charge is 0.407 e. The minimum absolute atomic E-state index is 0.135. The lowest BCUT2D eigenvalue weighted by atomic mass is 9.98. The zero-order valence-electron chi connectivity index (χ0n) is 18.9. The van der Waals surface area contributed by atoms with Crippen LogP contribution in [0.2, 0.25) is 0 Å². The predicted molar refractivity (Wildman–Crippen MR) is 123 cm³/mol. The summed E-state index contributed by atoms with van der Waals surface area (Å²) in [5.41, 5.74) is 1.63. The number of alkyl carbamates (subject to hydrolysis) is 1. The van der Waals surface area contributed by atoms with Gasteiger partial charge in [-0.25, -0.2) is 9.59 Å². The number of rotatable bonds is 9. The summed E-state index contributed by atoms with van der Waals surface area (Å²) < 4.78 is 10.3. The number of methoxy groups -OCH3 is 1. The number of hydrogen-bond donors (Lipinski definition) is 2. The van der Waals surface area contributed by atoms with Gasteiger partial charge < -0.3 is 20.1 Å². The molecule has 0 fully saturated rings. The second-order valence-electron chi connectivity index (χ2n) is 8.67. The third kappa shape index (κ3) is 7.67. The van der Waals surface area contributed by atoms with Gasteiger partial charge in [-0.15, -0.1) is 11.3 Å². The van der Waals surface area contributed by atoms with E-state index in [0.717, 1.165) is 42.7 Å². The number of carbonyl (C=O) groups is 2. The van der Waals surface area contributed by atoms with Crippen LogP contribution in [0.15, 0.2) is 12.1 Å². The molecule has 1 aromatic rings. The number of nitrogens with one attached hydrogen (secondary N) is 2. The normalized spacial score (nSPS) is 15.2. The second kappa shape index (κ2) is 11.4. The Bertz CT molecular complexity index is 749. The molecule has 1 heterocycles. The van der Waals surface area contributed by atoms with Gasteiger partial charge in [-0.05, 0) is 70.9 Å². The maximum atomic E-state index is 12.4. The van der Waals surface area contributed by atoms with Gasteiger partial charge in [0.2, 0.25) is 0 Å². The van der Waals surface area contributed by atoms with Crippen molar-refractivity contribution in [2.24, 2.45) is 0 Å². The minimum Gasteiger partial charge on any atom is -0.465 e. The number of esters is 1. The van der Waals surface area contributed by atoms with Crippen LogP contribution < -0.4 is 10.6 Å². The lowest BCUT2D eigenvalue weighted by molar-refractivity contribution is 0.0525. The van der Waals surface area contributed by atoms with E-state index < -0.39 is 11.7 Å². The van der Waals surface area contributed by atoms with Crippen molar-refractivity contribution >= 4 is 34.7 Å². The number of amides is 1. The molecule has 0 aliphatic heterocycles. The Balaban J connectivity index is 2.07. The van der Waals surface area contributed by atoms with Crippen LogP contribution in [0.1, 0.15) is 87.2 Å². The number of hydrogen-bond acceptors (Lipinski definition) is 6. The highest BCUT2D eigenvalue weighted by Gasteiger charge is 2.22. The van der Waals surface area contributed by atoms with Gasteiger partial charge in [-0.2, -0.15) is 0 Å². The first-order valence-corrected chi connectivity index (χ1v) is 11.7. The molecular formula is C23H36N2O4S. The molecule has 7 heteroatoms. The molecule has 1 unspecified atom stereocenters. The van der Waals surface area contributed by atoms with E-state index in [0.29, 0.717) is 11.4 Å². The van der Waals surface area contributed by atoms with Gasteiger partial charge in [-0.1, -0.05) is 19.4 Å². The first kappa shape index (κ1) is 24.3. The summed E-state index contributed by atoms with van der Waals surface area (Å²) in [6.45, 7) is 8.17. The molecule has 1 aliphatic carbocycles. The summed E-state index contributed by atoms with van der Waals surface area (Å²) in [7, 11) is 1.42. The van der Waals surface area contributed by atoms with Gasteiger partial charge in [0.15, 0.2) is 0 Å². The highest BCUT2D eigenvalue weighted by atomic mass is 32.1. The zero-order chi connectivity index (χ0) is 22.1. The predicted octanol–water partition coefficient (Wildman–Crippen LogP) is 5.99. The molecule has 0 spiro atoms. The SMILES string of the molecule is CCCC(CCNC(=O)OC(C)(C)C)Nc1cc(C2=CCCCC2)sc1C(=O)OC. The molecule has 1 atom stereocenters. The van der Waals surface area contributed by atoms with Crippen LogP contribution in [-0.2, 0) is 9.47 Å². The van der Waals surface area contributed by atoms with Crippen LogP contribution in [0, 0.1) is 0 Å². The van der Waals surface area contributed by atoms with Gasteiger partial charge >= 0.3 is 12.1 Å². The molecule has 168 valence electrons. The number of carbonyl (C=O) groups excluding carboxylic acids is 2. The van der Waals surface area contributed by atoms with E-state index in [2.05, 4.69) is 29.7 Å². The van der Waals surface area contributed by atoms with Crippen molar-refractivity contribution < 1.29 is 19.1 Å². The van der Waals surface area contributed by atoms with Crippen molar-refractivity contribution in [3.05, 3.63) is 21.9 Å². The molecule has 1 aliphatic rings. The van der Waals surface area contributed by atoms with Crippen molar-refractivity contribution in [2.45, 2.75) is 84.3 Å². The van der Waals surface area contributed by atoms with Gasteiger partial charge in [-0.3, -0.25) is 0 Å². The van der Waals surface area contributed by atoms with E-state index in [1.165, 1.54) is 36.9 Å². The van der Waals surface area contributed by atoms with E-state index >= 15 is 0 Å². The first-order valence-electron chi connectivity index (χ1n) is 10.9. The van der Waals surface area contributed by atoms with Gasteiger partial charge in [0.05, 0.1) is 12.8 Å². The molecule has 2 N–H and O–H groups in total. The zero-order valence-corrected chi connectivity index (χ0v) is 19.7. The third-order valence-corrected chi connectivity index (χ3v) is 6.06. The summed E-state index contributed by atoms with van der Waals surface area (Å²) in [4.78, 5) is 26.0. The average Bonchev–Trinajstić information content (AvgIpc) is 3.10. The van der Waals surface area contributed by atoms with Crippen molar-refractivity contribution in [3.63, 3.8) is 0 Å². The Morgan fingerprint density at radius 2 is 2.00 bits per heavy atom. The molecule has 0 saturated carbocycles. The van der Waals surface area contributed by atoms with Crippen molar-refractivity contribution in [2.75, 3.05) is 19.0 Å². The van der Waals surface area contributed by atoms with Gasteiger partial charge in [0, 0.05) is 17.5 Å².